The lowest BCUT2D eigenvalue weighted by Gasteiger charge is -2.08. The van der Waals surface area contributed by atoms with E-state index in [0.717, 1.165) is 21.3 Å². The highest BCUT2D eigenvalue weighted by Gasteiger charge is 2.14. The van der Waals surface area contributed by atoms with Gasteiger partial charge in [-0.05, 0) is 12.1 Å². The van der Waals surface area contributed by atoms with Gasteiger partial charge in [-0.15, -0.1) is 11.3 Å². The van der Waals surface area contributed by atoms with Crippen molar-refractivity contribution in [2.24, 2.45) is 0 Å². The third kappa shape index (κ3) is 4.27. The van der Waals surface area contributed by atoms with Gasteiger partial charge in [-0.1, -0.05) is 60.3 Å². The Hall–Kier alpha value is -2.90. The SMILES string of the molecule is O=C(CSc1nccs1)Nc1cc(-c2ccccc2)nn1-c1ccccc1. The summed E-state index contributed by atoms with van der Waals surface area (Å²) in [5, 5.41) is 9.58. The van der Waals surface area contributed by atoms with Crippen LogP contribution in [-0.2, 0) is 4.79 Å². The maximum atomic E-state index is 12.4. The number of nitrogens with one attached hydrogen (secondary N) is 1. The van der Waals surface area contributed by atoms with Crippen molar-refractivity contribution in [3.8, 4) is 16.9 Å². The molecule has 0 unspecified atom stereocenters. The predicted octanol–water partition coefficient (Wildman–Crippen LogP) is 4.73. The molecule has 0 saturated heterocycles. The first kappa shape index (κ1) is 17.5. The molecule has 0 aliphatic heterocycles. The van der Waals surface area contributed by atoms with Crippen LogP contribution in [0.15, 0.2) is 82.6 Å². The Morgan fingerprint density at radius 1 is 1.07 bits per heavy atom. The van der Waals surface area contributed by atoms with Crippen LogP contribution in [0.2, 0.25) is 0 Å². The Bertz CT molecular complexity index is 1010. The highest BCUT2D eigenvalue weighted by atomic mass is 32.2. The van der Waals surface area contributed by atoms with E-state index in [0.29, 0.717) is 11.6 Å². The first-order valence-electron chi connectivity index (χ1n) is 8.32. The van der Waals surface area contributed by atoms with Crippen LogP contribution < -0.4 is 5.32 Å². The zero-order chi connectivity index (χ0) is 18.5. The second kappa shape index (κ2) is 8.20. The van der Waals surface area contributed by atoms with E-state index in [2.05, 4.69) is 10.3 Å². The largest absolute Gasteiger partial charge is 0.310 e. The molecule has 0 aliphatic carbocycles. The van der Waals surface area contributed by atoms with E-state index in [-0.39, 0.29) is 5.91 Å². The Morgan fingerprint density at radius 3 is 2.52 bits per heavy atom. The maximum absolute atomic E-state index is 12.4. The number of thioether (sulfide) groups is 1. The number of nitrogens with zero attached hydrogens (tertiary/aromatic N) is 3. The third-order valence-electron chi connectivity index (χ3n) is 3.78. The van der Waals surface area contributed by atoms with Crippen molar-refractivity contribution >= 4 is 34.8 Å². The van der Waals surface area contributed by atoms with E-state index in [4.69, 9.17) is 5.10 Å². The molecule has 134 valence electrons. The third-order valence-corrected chi connectivity index (χ3v) is 5.75. The molecule has 0 saturated carbocycles. The molecule has 4 aromatic rings. The molecule has 0 spiro atoms. The second-order valence-electron chi connectivity index (χ2n) is 5.66. The van der Waals surface area contributed by atoms with E-state index in [1.54, 1.807) is 10.9 Å². The van der Waals surface area contributed by atoms with Crippen molar-refractivity contribution in [1.29, 1.82) is 0 Å². The lowest BCUT2D eigenvalue weighted by atomic mass is 10.2. The van der Waals surface area contributed by atoms with Crippen LogP contribution in [0.25, 0.3) is 16.9 Å². The van der Waals surface area contributed by atoms with Crippen LogP contribution in [0.4, 0.5) is 5.82 Å². The summed E-state index contributed by atoms with van der Waals surface area (Å²) in [5.74, 6) is 0.852. The van der Waals surface area contributed by atoms with E-state index in [1.165, 1.54) is 23.1 Å². The molecular formula is C20H16N4OS2. The van der Waals surface area contributed by atoms with Crippen LogP contribution >= 0.6 is 23.1 Å². The van der Waals surface area contributed by atoms with Crippen LogP contribution in [0.3, 0.4) is 0 Å². The van der Waals surface area contributed by atoms with Gasteiger partial charge in [0.2, 0.25) is 5.91 Å². The Labute approximate surface area is 165 Å². The minimum absolute atomic E-state index is 0.0908. The van der Waals surface area contributed by atoms with Gasteiger partial charge in [0.1, 0.15) is 10.2 Å². The van der Waals surface area contributed by atoms with Gasteiger partial charge in [0.05, 0.1) is 17.1 Å². The summed E-state index contributed by atoms with van der Waals surface area (Å²) < 4.78 is 2.64. The number of benzene rings is 2. The normalized spacial score (nSPS) is 10.7. The number of rotatable bonds is 6. The number of thiazole rings is 1. The lowest BCUT2D eigenvalue weighted by Crippen LogP contribution is -2.16. The molecule has 2 heterocycles. The number of carbonyl (C=O) groups is 1. The van der Waals surface area contributed by atoms with Gasteiger partial charge in [-0.3, -0.25) is 4.79 Å². The van der Waals surface area contributed by atoms with Gasteiger partial charge in [0.15, 0.2) is 0 Å². The Balaban J connectivity index is 1.60. The van der Waals surface area contributed by atoms with Gasteiger partial charge in [-0.25, -0.2) is 9.67 Å². The molecule has 0 aliphatic rings. The average molecular weight is 393 g/mol. The number of amides is 1. The van der Waals surface area contributed by atoms with E-state index in [9.17, 15) is 4.79 Å². The Kier molecular flexibility index (Phi) is 5.32. The summed E-state index contributed by atoms with van der Waals surface area (Å²) in [6.07, 6.45) is 1.74. The average Bonchev–Trinajstić information content (AvgIpc) is 3.38. The number of carbonyl (C=O) groups excluding carboxylic acids is 1. The first-order chi connectivity index (χ1) is 13.3. The predicted molar refractivity (Wildman–Crippen MR) is 110 cm³/mol. The van der Waals surface area contributed by atoms with Gasteiger partial charge in [0, 0.05) is 23.2 Å². The highest BCUT2D eigenvalue weighted by Crippen LogP contribution is 2.25. The number of hydrogen-bond donors (Lipinski definition) is 1. The number of hydrogen-bond acceptors (Lipinski definition) is 5. The van der Waals surface area contributed by atoms with Gasteiger partial charge in [-0.2, -0.15) is 5.10 Å². The molecule has 2 aromatic heterocycles. The summed E-state index contributed by atoms with van der Waals surface area (Å²) >= 11 is 2.95. The topological polar surface area (TPSA) is 59.8 Å². The monoisotopic (exact) mass is 392 g/mol. The molecule has 1 amide bonds. The minimum atomic E-state index is -0.0908. The van der Waals surface area contributed by atoms with Crippen molar-refractivity contribution in [3.63, 3.8) is 0 Å². The van der Waals surface area contributed by atoms with E-state index in [1.807, 2.05) is 72.1 Å². The molecule has 0 radical (unpaired) electrons. The zero-order valence-corrected chi connectivity index (χ0v) is 15.9. The Morgan fingerprint density at radius 2 is 1.81 bits per heavy atom. The van der Waals surface area contributed by atoms with Crippen LogP contribution in [0, 0.1) is 0 Å². The van der Waals surface area contributed by atoms with Gasteiger partial charge < -0.3 is 5.32 Å². The van der Waals surface area contributed by atoms with Crippen molar-refractivity contribution in [2.75, 3.05) is 11.1 Å². The molecule has 1 N–H and O–H groups in total. The first-order valence-corrected chi connectivity index (χ1v) is 10.2. The fourth-order valence-corrected chi connectivity index (χ4v) is 4.01. The summed E-state index contributed by atoms with van der Waals surface area (Å²) in [6, 6.07) is 21.6. The standard InChI is InChI=1S/C20H16N4OS2/c25-19(14-27-20-21-11-12-26-20)22-18-13-17(15-7-3-1-4-8-15)23-24(18)16-9-5-2-6-10-16/h1-13H,14H2,(H,22,25). The number of aromatic nitrogens is 3. The van der Waals surface area contributed by atoms with Gasteiger partial charge in [0.25, 0.3) is 0 Å². The molecule has 7 heteroatoms. The molecule has 5 nitrogen and oxygen atoms in total. The molecule has 2 aromatic carbocycles. The van der Waals surface area contributed by atoms with E-state index >= 15 is 0 Å². The molecular weight excluding hydrogens is 376 g/mol. The van der Waals surface area contributed by atoms with Crippen molar-refractivity contribution in [1.82, 2.24) is 14.8 Å². The summed E-state index contributed by atoms with van der Waals surface area (Å²) in [4.78, 5) is 16.6. The fourth-order valence-electron chi connectivity index (χ4n) is 2.57. The van der Waals surface area contributed by atoms with Crippen molar-refractivity contribution in [2.45, 2.75) is 4.34 Å². The number of para-hydroxylation sites is 1. The zero-order valence-electron chi connectivity index (χ0n) is 14.3. The highest BCUT2D eigenvalue weighted by molar-refractivity contribution is 8.01. The second-order valence-corrected chi connectivity index (χ2v) is 7.78. The number of anilines is 1. The van der Waals surface area contributed by atoms with Crippen molar-refractivity contribution in [3.05, 3.63) is 78.3 Å². The molecule has 27 heavy (non-hydrogen) atoms. The fraction of sp³-hybridized carbons (Fsp3) is 0.0500. The summed E-state index contributed by atoms with van der Waals surface area (Å²) in [5.41, 5.74) is 2.70. The minimum Gasteiger partial charge on any atom is -0.310 e. The van der Waals surface area contributed by atoms with Crippen molar-refractivity contribution < 1.29 is 4.79 Å². The quantitative estimate of drug-likeness (QED) is 0.482. The molecule has 0 bridgehead atoms. The van der Waals surface area contributed by atoms with Crippen LogP contribution in [0.5, 0.6) is 0 Å². The lowest BCUT2D eigenvalue weighted by molar-refractivity contribution is -0.113. The smallest absolute Gasteiger partial charge is 0.235 e. The molecule has 4 rings (SSSR count). The molecule has 0 fully saturated rings. The van der Waals surface area contributed by atoms with E-state index < -0.39 is 0 Å². The maximum Gasteiger partial charge on any atom is 0.235 e. The van der Waals surface area contributed by atoms with Crippen LogP contribution in [0.1, 0.15) is 0 Å². The summed E-state index contributed by atoms with van der Waals surface area (Å²) in [6.45, 7) is 0. The van der Waals surface area contributed by atoms with Crippen LogP contribution in [-0.4, -0.2) is 26.4 Å². The summed E-state index contributed by atoms with van der Waals surface area (Å²) in [7, 11) is 0. The van der Waals surface area contributed by atoms with Gasteiger partial charge >= 0.3 is 0 Å². The molecule has 0 atom stereocenters.